The summed E-state index contributed by atoms with van der Waals surface area (Å²) in [5.74, 6) is 1.38. The first-order valence-corrected chi connectivity index (χ1v) is 7.34. The van der Waals surface area contributed by atoms with Crippen molar-refractivity contribution in [2.45, 2.75) is 39.7 Å². The number of nitrogens with two attached hydrogens (primary N) is 1. The van der Waals surface area contributed by atoms with Gasteiger partial charge >= 0.3 is 0 Å². The Morgan fingerprint density at radius 3 is 2.71 bits per heavy atom. The van der Waals surface area contributed by atoms with Crippen molar-refractivity contribution in [3.05, 3.63) is 16.6 Å². The number of hydrogen-bond acceptors (Lipinski definition) is 4. The quantitative estimate of drug-likeness (QED) is 0.751. The maximum absolute atomic E-state index is 5.79. The molecule has 0 aliphatic heterocycles. The van der Waals surface area contributed by atoms with Crippen molar-refractivity contribution in [2.24, 2.45) is 17.6 Å². The van der Waals surface area contributed by atoms with Gasteiger partial charge in [-0.2, -0.15) is 0 Å². The molecule has 0 amide bonds. The normalized spacial score (nSPS) is 15.1. The topological polar surface area (TPSA) is 50.9 Å². The zero-order valence-corrected chi connectivity index (χ0v) is 12.0. The van der Waals surface area contributed by atoms with Crippen LogP contribution in [0.5, 0.6) is 0 Å². The molecule has 0 aliphatic carbocycles. The Labute approximate surface area is 109 Å². The molecule has 0 aromatic carbocycles. The molecule has 2 unspecified atom stereocenters. The highest BCUT2D eigenvalue weighted by Crippen LogP contribution is 2.16. The van der Waals surface area contributed by atoms with Crippen LogP contribution in [0.15, 0.2) is 11.6 Å². The highest BCUT2D eigenvalue weighted by atomic mass is 32.1. The molecule has 0 spiro atoms. The van der Waals surface area contributed by atoms with E-state index in [1.54, 1.807) is 11.3 Å². The van der Waals surface area contributed by atoms with Crippen molar-refractivity contribution < 1.29 is 0 Å². The number of nitrogens with one attached hydrogen (secondary N) is 1. The zero-order valence-electron chi connectivity index (χ0n) is 11.1. The lowest BCUT2D eigenvalue weighted by Gasteiger charge is -2.18. The molecule has 17 heavy (non-hydrogen) atoms. The molecule has 1 rings (SSSR count). The molecule has 3 N–H and O–H groups in total. The second kappa shape index (κ2) is 7.80. The summed E-state index contributed by atoms with van der Waals surface area (Å²) in [5.41, 5.74) is 5.79. The third-order valence-corrected chi connectivity index (χ3v) is 3.92. The van der Waals surface area contributed by atoms with Crippen LogP contribution in [0.3, 0.4) is 0 Å². The van der Waals surface area contributed by atoms with Gasteiger partial charge in [0.25, 0.3) is 0 Å². The van der Waals surface area contributed by atoms with Crippen molar-refractivity contribution in [3.63, 3.8) is 0 Å². The van der Waals surface area contributed by atoms with Crippen LogP contribution in [0.25, 0.3) is 0 Å². The molecule has 1 heterocycles. The van der Waals surface area contributed by atoms with Crippen LogP contribution in [-0.4, -0.2) is 18.1 Å². The van der Waals surface area contributed by atoms with E-state index in [9.17, 15) is 0 Å². The summed E-state index contributed by atoms with van der Waals surface area (Å²) < 4.78 is 0. The van der Waals surface area contributed by atoms with Crippen molar-refractivity contribution in [3.8, 4) is 0 Å². The molecule has 0 radical (unpaired) electrons. The van der Waals surface area contributed by atoms with E-state index in [0.717, 1.165) is 30.4 Å². The summed E-state index contributed by atoms with van der Waals surface area (Å²) in [4.78, 5) is 4.31. The molecular formula is C13H25N3S. The van der Waals surface area contributed by atoms with Crippen LogP contribution in [0.4, 0.5) is 0 Å². The highest BCUT2D eigenvalue weighted by Gasteiger charge is 2.11. The Balaban J connectivity index is 2.22. The maximum atomic E-state index is 5.79. The summed E-state index contributed by atoms with van der Waals surface area (Å²) in [6.07, 6.45) is 4.24. The largest absolute Gasteiger partial charge is 0.330 e. The molecule has 0 aliphatic rings. The Hall–Kier alpha value is -0.450. The molecule has 2 atom stereocenters. The van der Waals surface area contributed by atoms with Gasteiger partial charge in [0.15, 0.2) is 0 Å². The van der Waals surface area contributed by atoms with E-state index in [4.69, 9.17) is 5.73 Å². The van der Waals surface area contributed by atoms with Gasteiger partial charge in [-0.1, -0.05) is 13.8 Å². The molecule has 0 bridgehead atoms. The number of thiazole rings is 1. The van der Waals surface area contributed by atoms with Crippen LogP contribution in [0, 0.1) is 11.8 Å². The number of rotatable bonds is 8. The fourth-order valence-corrected chi connectivity index (χ4v) is 2.71. The van der Waals surface area contributed by atoms with Crippen LogP contribution < -0.4 is 11.1 Å². The first kappa shape index (κ1) is 14.6. The molecule has 0 saturated heterocycles. The van der Waals surface area contributed by atoms with Crippen LogP contribution >= 0.6 is 11.3 Å². The average Bonchev–Trinajstić information content (AvgIpc) is 2.80. The van der Waals surface area contributed by atoms with E-state index in [2.05, 4.69) is 31.1 Å². The Morgan fingerprint density at radius 2 is 2.18 bits per heavy atom. The second-order valence-electron chi connectivity index (χ2n) is 5.07. The minimum absolute atomic E-state index is 0.354. The summed E-state index contributed by atoms with van der Waals surface area (Å²) >= 11 is 1.71. The lowest BCUT2D eigenvalue weighted by molar-refractivity contribution is 0.378. The van der Waals surface area contributed by atoms with E-state index in [-0.39, 0.29) is 0 Å². The number of hydrogen-bond donors (Lipinski definition) is 2. The van der Waals surface area contributed by atoms with E-state index < -0.39 is 0 Å². The average molecular weight is 255 g/mol. The first-order valence-electron chi connectivity index (χ1n) is 6.46. The monoisotopic (exact) mass is 255 g/mol. The Bertz CT molecular complexity index is 285. The Morgan fingerprint density at radius 1 is 1.41 bits per heavy atom. The van der Waals surface area contributed by atoms with E-state index in [1.807, 2.05) is 11.6 Å². The standard InChI is InChI=1S/C13H25N3S/c1-10(2)8-12(9-14)4-5-15-11(3)13-16-6-7-17-13/h6-7,10-12,15H,4-5,8-9,14H2,1-3H3. The SMILES string of the molecule is CC(C)CC(CN)CCNC(C)c1nccs1. The fourth-order valence-electron chi connectivity index (χ4n) is 2.04. The van der Waals surface area contributed by atoms with Gasteiger partial charge < -0.3 is 11.1 Å². The van der Waals surface area contributed by atoms with Gasteiger partial charge in [0.2, 0.25) is 0 Å². The molecule has 1 aromatic heterocycles. The minimum atomic E-state index is 0.354. The molecule has 3 nitrogen and oxygen atoms in total. The maximum Gasteiger partial charge on any atom is 0.109 e. The predicted molar refractivity (Wildman–Crippen MR) is 75.1 cm³/mol. The van der Waals surface area contributed by atoms with Crippen molar-refractivity contribution in [2.75, 3.05) is 13.1 Å². The van der Waals surface area contributed by atoms with Crippen LogP contribution in [0.2, 0.25) is 0 Å². The van der Waals surface area contributed by atoms with Gasteiger partial charge in [-0.3, -0.25) is 0 Å². The van der Waals surface area contributed by atoms with Gasteiger partial charge in [0.05, 0.1) is 6.04 Å². The van der Waals surface area contributed by atoms with E-state index in [0.29, 0.717) is 12.0 Å². The van der Waals surface area contributed by atoms with Gasteiger partial charge in [0, 0.05) is 11.6 Å². The summed E-state index contributed by atoms with van der Waals surface area (Å²) in [6, 6.07) is 0.354. The fraction of sp³-hybridized carbons (Fsp3) is 0.769. The molecule has 0 fully saturated rings. The van der Waals surface area contributed by atoms with Crippen molar-refractivity contribution in [1.82, 2.24) is 10.3 Å². The number of nitrogens with zero attached hydrogens (tertiary/aromatic N) is 1. The molecule has 0 saturated carbocycles. The third kappa shape index (κ3) is 5.61. The van der Waals surface area contributed by atoms with Crippen molar-refractivity contribution in [1.29, 1.82) is 0 Å². The summed E-state index contributed by atoms with van der Waals surface area (Å²) in [7, 11) is 0. The summed E-state index contributed by atoms with van der Waals surface area (Å²) in [5, 5.41) is 6.70. The van der Waals surface area contributed by atoms with Gasteiger partial charge in [-0.25, -0.2) is 4.98 Å². The van der Waals surface area contributed by atoms with Crippen molar-refractivity contribution >= 4 is 11.3 Å². The first-order chi connectivity index (χ1) is 8.13. The van der Waals surface area contributed by atoms with E-state index >= 15 is 0 Å². The lowest BCUT2D eigenvalue weighted by Crippen LogP contribution is -2.25. The number of aromatic nitrogens is 1. The van der Waals surface area contributed by atoms with Gasteiger partial charge in [-0.15, -0.1) is 11.3 Å². The third-order valence-electron chi connectivity index (χ3n) is 2.96. The van der Waals surface area contributed by atoms with E-state index in [1.165, 1.54) is 6.42 Å². The lowest BCUT2D eigenvalue weighted by atomic mass is 9.94. The minimum Gasteiger partial charge on any atom is -0.330 e. The van der Waals surface area contributed by atoms with Crippen LogP contribution in [0.1, 0.15) is 44.7 Å². The molecule has 1 aromatic rings. The smallest absolute Gasteiger partial charge is 0.109 e. The zero-order chi connectivity index (χ0) is 12.7. The van der Waals surface area contributed by atoms with Gasteiger partial charge in [-0.05, 0) is 44.7 Å². The molecular weight excluding hydrogens is 230 g/mol. The highest BCUT2D eigenvalue weighted by molar-refractivity contribution is 7.09. The van der Waals surface area contributed by atoms with Gasteiger partial charge in [0.1, 0.15) is 5.01 Å². The Kier molecular flexibility index (Phi) is 6.70. The molecule has 4 heteroatoms. The van der Waals surface area contributed by atoms with Crippen LogP contribution in [-0.2, 0) is 0 Å². The summed E-state index contributed by atoms with van der Waals surface area (Å²) in [6.45, 7) is 8.50. The second-order valence-corrected chi connectivity index (χ2v) is 5.99. The predicted octanol–water partition coefficient (Wildman–Crippen LogP) is 2.80. The molecule has 98 valence electrons.